The third-order valence-electron chi connectivity index (χ3n) is 2.37. The fourth-order valence-electron chi connectivity index (χ4n) is 1.52. The highest BCUT2D eigenvalue weighted by Gasteiger charge is 2.03. The Kier molecular flexibility index (Phi) is 6.68. The van der Waals surface area contributed by atoms with Crippen molar-refractivity contribution in [1.82, 2.24) is 0 Å². The van der Waals surface area contributed by atoms with Gasteiger partial charge in [-0.05, 0) is 37.0 Å². The maximum absolute atomic E-state index is 11.1. The van der Waals surface area contributed by atoms with Gasteiger partial charge in [0.2, 0.25) is 0 Å². The summed E-state index contributed by atoms with van der Waals surface area (Å²) in [5.74, 6) is 0.150. The molecule has 0 aromatic heterocycles. The number of Topliss-reactive ketones (excluding diaryl/α,β-unsaturated/α-hetero) is 1. The van der Waals surface area contributed by atoms with E-state index in [9.17, 15) is 4.79 Å². The molecule has 0 aliphatic rings. The molecule has 0 saturated carbocycles. The Bertz CT molecular complexity index is 313. The Balaban J connectivity index is 0.000000921. The number of hydrogen-bond donors (Lipinski definition) is 0. The van der Waals surface area contributed by atoms with Crippen LogP contribution in [0, 0.1) is 0 Å². The van der Waals surface area contributed by atoms with Gasteiger partial charge in [-0.15, -0.1) is 0 Å². The standard InChI is InChI=1S/C12H16O.C2H6/c1-4-10-6-7-12(9(3)13)8-11(10)5-2;1-2/h6-8H,4-5H2,1-3H3;1-2H3. The maximum Gasteiger partial charge on any atom is 0.159 e. The zero-order chi connectivity index (χ0) is 11.8. The molecule has 1 nitrogen and oxygen atoms in total. The van der Waals surface area contributed by atoms with Crippen molar-refractivity contribution in [1.29, 1.82) is 0 Å². The number of aryl methyl sites for hydroxylation is 2. The minimum Gasteiger partial charge on any atom is -0.295 e. The lowest BCUT2D eigenvalue weighted by Gasteiger charge is -2.06. The highest BCUT2D eigenvalue weighted by atomic mass is 16.1. The van der Waals surface area contributed by atoms with Crippen molar-refractivity contribution in [3.63, 3.8) is 0 Å². The SMILES string of the molecule is CC.CCc1ccc(C(C)=O)cc1CC. The van der Waals surface area contributed by atoms with Gasteiger partial charge < -0.3 is 0 Å². The van der Waals surface area contributed by atoms with Crippen molar-refractivity contribution in [3.8, 4) is 0 Å². The van der Waals surface area contributed by atoms with Gasteiger partial charge in [-0.2, -0.15) is 0 Å². The molecule has 1 heteroatoms. The van der Waals surface area contributed by atoms with Gasteiger partial charge in [0.05, 0.1) is 0 Å². The van der Waals surface area contributed by atoms with Gasteiger partial charge in [-0.1, -0.05) is 39.8 Å². The highest BCUT2D eigenvalue weighted by molar-refractivity contribution is 5.94. The average molecular weight is 206 g/mol. The molecular weight excluding hydrogens is 184 g/mol. The molecule has 84 valence electrons. The molecule has 0 atom stereocenters. The topological polar surface area (TPSA) is 17.1 Å². The maximum atomic E-state index is 11.1. The third kappa shape index (κ3) is 3.86. The van der Waals surface area contributed by atoms with E-state index in [1.807, 2.05) is 26.0 Å². The van der Waals surface area contributed by atoms with E-state index in [2.05, 4.69) is 19.9 Å². The monoisotopic (exact) mass is 206 g/mol. The van der Waals surface area contributed by atoms with Crippen LogP contribution in [-0.4, -0.2) is 5.78 Å². The predicted molar refractivity (Wildman–Crippen MR) is 66.6 cm³/mol. The molecule has 0 spiro atoms. The van der Waals surface area contributed by atoms with E-state index in [4.69, 9.17) is 0 Å². The smallest absolute Gasteiger partial charge is 0.159 e. The van der Waals surface area contributed by atoms with Crippen LogP contribution < -0.4 is 0 Å². The first-order valence-corrected chi connectivity index (χ1v) is 5.81. The van der Waals surface area contributed by atoms with Gasteiger partial charge in [0.1, 0.15) is 0 Å². The van der Waals surface area contributed by atoms with E-state index in [-0.39, 0.29) is 5.78 Å². The fourth-order valence-corrected chi connectivity index (χ4v) is 1.52. The Morgan fingerprint density at radius 1 is 1.07 bits per heavy atom. The summed E-state index contributed by atoms with van der Waals surface area (Å²) >= 11 is 0. The first-order valence-electron chi connectivity index (χ1n) is 5.81. The number of rotatable bonds is 3. The van der Waals surface area contributed by atoms with Crippen LogP contribution in [0.4, 0.5) is 0 Å². The summed E-state index contributed by atoms with van der Waals surface area (Å²) in [6.45, 7) is 9.88. The van der Waals surface area contributed by atoms with Crippen LogP contribution in [0.2, 0.25) is 0 Å². The number of carbonyl (C=O) groups excluding carboxylic acids is 1. The molecule has 0 heterocycles. The zero-order valence-electron chi connectivity index (χ0n) is 10.6. The molecule has 0 N–H and O–H groups in total. The van der Waals surface area contributed by atoms with E-state index < -0.39 is 0 Å². The first-order chi connectivity index (χ1) is 7.19. The summed E-state index contributed by atoms with van der Waals surface area (Å²) in [6.07, 6.45) is 2.05. The van der Waals surface area contributed by atoms with Gasteiger partial charge in [-0.25, -0.2) is 0 Å². The number of benzene rings is 1. The van der Waals surface area contributed by atoms with Gasteiger partial charge in [-0.3, -0.25) is 4.79 Å². The molecule has 0 bridgehead atoms. The second-order valence-corrected chi connectivity index (χ2v) is 3.25. The van der Waals surface area contributed by atoms with Gasteiger partial charge >= 0.3 is 0 Å². The molecule has 1 rings (SSSR count). The molecule has 1 aromatic carbocycles. The van der Waals surface area contributed by atoms with Crippen molar-refractivity contribution < 1.29 is 4.79 Å². The van der Waals surface area contributed by atoms with E-state index in [0.29, 0.717) is 0 Å². The van der Waals surface area contributed by atoms with Crippen LogP contribution in [0.15, 0.2) is 18.2 Å². The average Bonchev–Trinajstić information content (AvgIpc) is 2.30. The number of ketones is 1. The van der Waals surface area contributed by atoms with Crippen molar-refractivity contribution in [3.05, 3.63) is 34.9 Å². The van der Waals surface area contributed by atoms with E-state index >= 15 is 0 Å². The molecule has 0 unspecified atom stereocenters. The summed E-state index contributed by atoms with van der Waals surface area (Å²) in [7, 11) is 0. The number of carbonyl (C=O) groups is 1. The predicted octanol–water partition coefficient (Wildman–Crippen LogP) is 4.04. The molecule has 0 radical (unpaired) electrons. The van der Waals surface area contributed by atoms with Crippen LogP contribution in [0.25, 0.3) is 0 Å². The largest absolute Gasteiger partial charge is 0.295 e. The zero-order valence-corrected chi connectivity index (χ0v) is 10.6. The van der Waals surface area contributed by atoms with Crippen LogP contribution in [0.1, 0.15) is 56.1 Å². The summed E-state index contributed by atoms with van der Waals surface area (Å²) in [6, 6.07) is 6.00. The summed E-state index contributed by atoms with van der Waals surface area (Å²) in [5, 5.41) is 0. The highest BCUT2D eigenvalue weighted by Crippen LogP contribution is 2.13. The Hall–Kier alpha value is -1.11. The van der Waals surface area contributed by atoms with E-state index in [0.717, 1.165) is 18.4 Å². The van der Waals surface area contributed by atoms with Gasteiger partial charge in [0, 0.05) is 5.56 Å². The molecule has 0 amide bonds. The Morgan fingerprint density at radius 3 is 2.00 bits per heavy atom. The van der Waals surface area contributed by atoms with Crippen molar-refractivity contribution in [2.45, 2.75) is 47.5 Å². The molecule has 15 heavy (non-hydrogen) atoms. The lowest BCUT2D eigenvalue weighted by Crippen LogP contribution is -1.97. The molecule has 0 fully saturated rings. The third-order valence-corrected chi connectivity index (χ3v) is 2.37. The second kappa shape index (κ2) is 7.22. The van der Waals surface area contributed by atoms with Crippen LogP contribution in [0.5, 0.6) is 0 Å². The van der Waals surface area contributed by atoms with Crippen molar-refractivity contribution in [2.24, 2.45) is 0 Å². The number of hydrogen-bond acceptors (Lipinski definition) is 1. The van der Waals surface area contributed by atoms with Crippen LogP contribution in [-0.2, 0) is 12.8 Å². The Morgan fingerprint density at radius 2 is 1.60 bits per heavy atom. The van der Waals surface area contributed by atoms with Gasteiger partial charge in [0.15, 0.2) is 5.78 Å². The molecular formula is C14H22O. The van der Waals surface area contributed by atoms with Crippen LogP contribution in [0.3, 0.4) is 0 Å². The quantitative estimate of drug-likeness (QED) is 0.682. The fraction of sp³-hybridized carbons (Fsp3) is 0.500. The molecule has 0 saturated heterocycles. The lowest BCUT2D eigenvalue weighted by atomic mass is 9.99. The van der Waals surface area contributed by atoms with E-state index in [1.54, 1.807) is 6.92 Å². The second-order valence-electron chi connectivity index (χ2n) is 3.25. The Labute approximate surface area is 93.5 Å². The van der Waals surface area contributed by atoms with E-state index in [1.165, 1.54) is 11.1 Å². The minimum absolute atomic E-state index is 0.150. The molecule has 0 aliphatic carbocycles. The first kappa shape index (κ1) is 13.9. The minimum atomic E-state index is 0.150. The van der Waals surface area contributed by atoms with Crippen molar-refractivity contribution >= 4 is 5.78 Å². The summed E-state index contributed by atoms with van der Waals surface area (Å²) in [4.78, 5) is 11.1. The van der Waals surface area contributed by atoms with Crippen molar-refractivity contribution in [2.75, 3.05) is 0 Å². The molecule has 1 aromatic rings. The summed E-state index contributed by atoms with van der Waals surface area (Å²) in [5.41, 5.74) is 3.48. The lowest BCUT2D eigenvalue weighted by molar-refractivity contribution is 0.101. The normalized spacial score (nSPS) is 9.13. The van der Waals surface area contributed by atoms with Crippen LogP contribution >= 0.6 is 0 Å². The van der Waals surface area contributed by atoms with Gasteiger partial charge in [0.25, 0.3) is 0 Å². The molecule has 0 aliphatic heterocycles. The summed E-state index contributed by atoms with van der Waals surface area (Å²) < 4.78 is 0.